The van der Waals surface area contributed by atoms with Gasteiger partial charge in [-0.25, -0.2) is 0 Å². The molecular weight excluding hydrogens is 188 g/mol. The molecule has 0 atom stereocenters. The van der Waals surface area contributed by atoms with Gasteiger partial charge in [-0.05, 0) is 26.8 Å². The molecule has 0 unspecified atom stereocenters. The summed E-state index contributed by atoms with van der Waals surface area (Å²) in [6.45, 7) is 6.72. The average molecular weight is 206 g/mol. The minimum atomic E-state index is -3.25. The van der Waals surface area contributed by atoms with E-state index in [9.17, 15) is 4.79 Å². The monoisotopic (exact) mass is 206 g/mol. The van der Waals surface area contributed by atoms with Crippen molar-refractivity contribution in [2.24, 2.45) is 5.41 Å². The fraction of sp³-hybridized carbons (Fsp3) is 0.875. The maximum atomic E-state index is 11.3. The normalized spacial score (nSPS) is 12.8. The molecule has 0 aromatic carbocycles. The van der Waals surface area contributed by atoms with E-state index in [0.29, 0.717) is 6.42 Å². The van der Waals surface area contributed by atoms with Crippen molar-refractivity contribution in [3.8, 4) is 0 Å². The highest BCUT2D eigenvalue weighted by molar-refractivity contribution is 6.63. The van der Waals surface area contributed by atoms with Gasteiger partial charge >= 0.3 is 14.5 Å². The summed E-state index contributed by atoms with van der Waals surface area (Å²) in [4.78, 5) is 29.4. The Hall–Kier alpha value is -0.393. The van der Waals surface area contributed by atoms with Gasteiger partial charge in [0.1, 0.15) is 6.23 Å². The first-order valence-corrected chi connectivity index (χ1v) is 6.91. The van der Waals surface area contributed by atoms with E-state index in [1.807, 2.05) is 6.92 Å². The molecule has 0 saturated heterocycles. The molecule has 13 heavy (non-hydrogen) atoms. The molecule has 0 bridgehead atoms. The van der Waals surface area contributed by atoms with E-state index in [-0.39, 0.29) is 12.2 Å². The molecule has 2 N–H and O–H groups in total. The molecule has 0 fully saturated rings. The highest BCUT2D eigenvalue weighted by atomic mass is 28.4. The lowest BCUT2D eigenvalue weighted by atomic mass is 9.91. The molecule has 4 nitrogen and oxygen atoms in total. The molecule has 0 spiro atoms. The van der Waals surface area contributed by atoms with Crippen LogP contribution >= 0.6 is 0 Å². The van der Waals surface area contributed by atoms with Crippen molar-refractivity contribution >= 4 is 14.5 Å². The zero-order chi connectivity index (χ0) is 10.7. The Morgan fingerprint density at radius 2 is 1.92 bits per heavy atom. The molecule has 0 amide bonds. The number of esters is 1. The third-order valence-corrected chi connectivity index (χ3v) is 2.60. The highest BCUT2D eigenvalue weighted by Gasteiger charge is 2.31. The fourth-order valence-electron chi connectivity index (χ4n) is 0.542. The largest absolute Gasteiger partial charge is 0.463 e. The quantitative estimate of drug-likeness (QED) is 0.521. The first kappa shape index (κ1) is 12.6. The van der Waals surface area contributed by atoms with Crippen LogP contribution in [0.25, 0.3) is 0 Å². The number of carbonyl (C=O) groups excluding carboxylic acids is 1. The molecule has 0 aromatic rings. The van der Waals surface area contributed by atoms with Gasteiger partial charge in [0.2, 0.25) is 0 Å². The first-order valence-electron chi connectivity index (χ1n) is 4.31. The van der Waals surface area contributed by atoms with Crippen molar-refractivity contribution in [2.45, 2.75) is 33.7 Å². The highest BCUT2D eigenvalue weighted by Crippen LogP contribution is 2.21. The molecule has 0 saturated carbocycles. The van der Waals surface area contributed by atoms with Crippen molar-refractivity contribution in [1.29, 1.82) is 0 Å². The Labute approximate surface area is 79.8 Å². The van der Waals surface area contributed by atoms with Crippen molar-refractivity contribution in [2.75, 3.05) is 6.23 Å². The fourth-order valence-corrected chi connectivity index (χ4v) is 0.947. The van der Waals surface area contributed by atoms with Gasteiger partial charge < -0.3 is 14.3 Å². The number of ether oxygens (including phenoxy) is 1. The van der Waals surface area contributed by atoms with E-state index in [1.54, 1.807) is 13.8 Å². The van der Waals surface area contributed by atoms with Crippen molar-refractivity contribution in [1.82, 2.24) is 0 Å². The maximum Gasteiger partial charge on any atom is 0.368 e. The summed E-state index contributed by atoms with van der Waals surface area (Å²) in [5.41, 5.74) is -0.542. The number of hydrogen-bond donors (Lipinski definition) is 2. The van der Waals surface area contributed by atoms with Gasteiger partial charge in [0.15, 0.2) is 0 Å². The third kappa shape index (κ3) is 5.02. The Balaban J connectivity index is 4.03. The molecule has 0 heterocycles. The lowest BCUT2D eigenvalue weighted by Crippen LogP contribution is -2.40. The second-order valence-corrected chi connectivity index (χ2v) is 6.75. The van der Waals surface area contributed by atoms with Gasteiger partial charge in [-0.3, -0.25) is 4.79 Å². The van der Waals surface area contributed by atoms with Crippen molar-refractivity contribution < 1.29 is 19.1 Å². The Kier molecular flexibility index (Phi) is 4.08. The zero-order valence-electron chi connectivity index (χ0n) is 8.63. The zero-order valence-corrected chi connectivity index (χ0v) is 9.63. The van der Waals surface area contributed by atoms with Crippen LogP contribution in [0.15, 0.2) is 0 Å². The van der Waals surface area contributed by atoms with Gasteiger partial charge in [-0.1, -0.05) is 6.92 Å². The van der Waals surface area contributed by atoms with Gasteiger partial charge in [-0.2, -0.15) is 0 Å². The van der Waals surface area contributed by atoms with Crippen LogP contribution in [-0.4, -0.2) is 30.4 Å². The molecule has 78 valence electrons. The summed E-state index contributed by atoms with van der Waals surface area (Å²) in [6.07, 6.45) is 0.413. The Morgan fingerprint density at radius 1 is 1.46 bits per heavy atom. The third-order valence-electron chi connectivity index (χ3n) is 1.91. The van der Waals surface area contributed by atoms with E-state index in [0.717, 1.165) is 0 Å². The van der Waals surface area contributed by atoms with Crippen LogP contribution < -0.4 is 0 Å². The van der Waals surface area contributed by atoms with E-state index in [4.69, 9.17) is 14.3 Å². The molecular formula is C8H18O4Si. The predicted molar refractivity (Wildman–Crippen MR) is 51.1 cm³/mol. The topological polar surface area (TPSA) is 66.8 Å². The molecule has 0 aromatic heterocycles. The van der Waals surface area contributed by atoms with Crippen molar-refractivity contribution in [3.63, 3.8) is 0 Å². The van der Waals surface area contributed by atoms with Gasteiger partial charge in [0.05, 0.1) is 5.41 Å². The van der Waals surface area contributed by atoms with Crippen LogP contribution in [0.4, 0.5) is 0 Å². The van der Waals surface area contributed by atoms with Gasteiger partial charge in [-0.15, -0.1) is 0 Å². The van der Waals surface area contributed by atoms with E-state index in [2.05, 4.69) is 0 Å². The summed E-state index contributed by atoms with van der Waals surface area (Å²) >= 11 is 0. The van der Waals surface area contributed by atoms with Crippen LogP contribution in [0.1, 0.15) is 27.2 Å². The number of rotatable bonds is 4. The van der Waals surface area contributed by atoms with E-state index in [1.165, 1.54) is 6.55 Å². The van der Waals surface area contributed by atoms with E-state index < -0.39 is 14.0 Å². The number of carbonyl (C=O) groups is 1. The molecule has 0 aliphatic heterocycles. The summed E-state index contributed by atoms with van der Waals surface area (Å²) in [6, 6.07) is 0. The summed E-state index contributed by atoms with van der Waals surface area (Å²) in [7, 11) is -3.25. The summed E-state index contributed by atoms with van der Waals surface area (Å²) in [5.74, 6) is -0.378. The molecule has 0 aliphatic rings. The van der Waals surface area contributed by atoms with Gasteiger partial charge in [0, 0.05) is 0 Å². The maximum absolute atomic E-state index is 11.3. The number of hydrogen-bond acceptors (Lipinski definition) is 4. The SMILES string of the molecule is CCC(C)(C)C(=O)OC[Si](C)(O)O. The molecule has 5 heteroatoms. The van der Waals surface area contributed by atoms with E-state index >= 15 is 0 Å². The minimum Gasteiger partial charge on any atom is -0.463 e. The first-order chi connectivity index (χ1) is 5.69. The van der Waals surface area contributed by atoms with Crippen LogP contribution in [0.5, 0.6) is 0 Å². The molecule has 0 aliphatic carbocycles. The van der Waals surface area contributed by atoms with Crippen LogP contribution in [0.2, 0.25) is 6.55 Å². The lowest BCUT2D eigenvalue weighted by Gasteiger charge is -2.21. The minimum absolute atomic E-state index is 0.255. The van der Waals surface area contributed by atoms with Gasteiger partial charge in [0.25, 0.3) is 0 Å². The smallest absolute Gasteiger partial charge is 0.368 e. The lowest BCUT2D eigenvalue weighted by molar-refractivity contribution is -0.152. The summed E-state index contributed by atoms with van der Waals surface area (Å²) in [5, 5.41) is 0. The average Bonchev–Trinajstić information content (AvgIpc) is 1.98. The van der Waals surface area contributed by atoms with Crippen LogP contribution in [0.3, 0.4) is 0 Å². The van der Waals surface area contributed by atoms with Crippen molar-refractivity contribution in [3.05, 3.63) is 0 Å². The standard InChI is InChI=1S/C8H18O4Si/c1-5-8(2,3)7(9)12-6-13(4,10)11/h10-11H,5-6H2,1-4H3. The second-order valence-electron chi connectivity index (χ2n) is 4.03. The molecule has 0 radical (unpaired) electrons. The Bertz CT molecular complexity index is 183. The Morgan fingerprint density at radius 3 is 2.23 bits per heavy atom. The van der Waals surface area contributed by atoms with Crippen LogP contribution in [0, 0.1) is 5.41 Å². The predicted octanol–water partition coefficient (Wildman–Crippen LogP) is 0.562. The van der Waals surface area contributed by atoms with Crippen LogP contribution in [-0.2, 0) is 9.53 Å². The summed E-state index contributed by atoms with van der Waals surface area (Å²) < 4.78 is 4.78. The molecule has 0 rings (SSSR count). The second kappa shape index (κ2) is 4.21.